The summed E-state index contributed by atoms with van der Waals surface area (Å²) in [6.45, 7) is 3.95. The lowest BCUT2D eigenvalue weighted by molar-refractivity contribution is 0.324. The maximum absolute atomic E-state index is 5.42. The fourth-order valence-corrected chi connectivity index (χ4v) is 3.19. The zero-order valence-corrected chi connectivity index (χ0v) is 14.1. The Morgan fingerprint density at radius 3 is 2.35 bits per heavy atom. The highest BCUT2D eigenvalue weighted by Crippen LogP contribution is 2.13. The van der Waals surface area contributed by atoms with Crippen molar-refractivity contribution in [3.05, 3.63) is 71.8 Å². The van der Waals surface area contributed by atoms with Gasteiger partial charge in [-0.05, 0) is 29.8 Å². The second-order valence-corrected chi connectivity index (χ2v) is 6.43. The van der Waals surface area contributed by atoms with E-state index < -0.39 is 0 Å². The maximum Gasteiger partial charge on any atom is 0.166 e. The fourth-order valence-electron chi connectivity index (χ4n) is 2.95. The molecule has 3 nitrogen and oxygen atoms in total. The molecule has 2 aromatic carbocycles. The summed E-state index contributed by atoms with van der Waals surface area (Å²) in [5.74, 6) is 0. The highest BCUT2D eigenvalue weighted by atomic mass is 32.1. The number of nitrogens with zero attached hydrogens (tertiary/aromatic N) is 1. The minimum Gasteiger partial charge on any atom is -0.359 e. The molecule has 2 aromatic rings. The van der Waals surface area contributed by atoms with Crippen LogP contribution < -0.4 is 10.6 Å². The van der Waals surface area contributed by atoms with Gasteiger partial charge in [0.25, 0.3) is 0 Å². The molecule has 0 aliphatic carbocycles. The van der Waals surface area contributed by atoms with Gasteiger partial charge in [-0.15, -0.1) is 0 Å². The van der Waals surface area contributed by atoms with E-state index in [1.54, 1.807) is 0 Å². The van der Waals surface area contributed by atoms with Crippen molar-refractivity contribution >= 4 is 17.3 Å². The monoisotopic (exact) mass is 325 g/mol. The number of nitrogens with one attached hydrogen (secondary N) is 2. The van der Waals surface area contributed by atoms with Crippen LogP contribution in [-0.4, -0.2) is 29.1 Å². The Kier molecular flexibility index (Phi) is 5.61. The van der Waals surface area contributed by atoms with Crippen LogP contribution in [0.4, 0.5) is 0 Å². The van der Waals surface area contributed by atoms with Gasteiger partial charge >= 0.3 is 0 Å². The minimum atomic E-state index is 0.439. The molecule has 0 bridgehead atoms. The molecule has 1 aliphatic rings. The number of hydrogen-bond donors (Lipinski definition) is 2. The third kappa shape index (κ3) is 5.05. The summed E-state index contributed by atoms with van der Waals surface area (Å²) < 4.78 is 0. The Balaban J connectivity index is 1.40. The van der Waals surface area contributed by atoms with E-state index in [1.807, 2.05) is 18.2 Å². The van der Waals surface area contributed by atoms with Gasteiger partial charge in [-0.3, -0.25) is 4.90 Å². The van der Waals surface area contributed by atoms with Gasteiger partial charge in [0.05, 0.1) is 0 Å². The van der Waals surface area contributed by atoms with Crippen molar-refractivity contribution in [3.63, 3.8) is 0 Å². The van der Waals surface area contributed by atoms with Crippen LogP contribution in [0.25, 0.3) is 0 Å². The Morgan fingerprint density at radius 1 is 1.00 bits per heavy atom. The van der Waals surface area contributed by atoms with Crippen LogP contribution in [0, 0.1) is 0 Å². The normalized spacial score (nSPS) is 17.8. The van der Waals surface area contributed by atoms with E-state index in [2.05, 4.69) is 58.0 Å². The molecule has 0 saturated carbocycles. The summed E-state index contributed by atoms with van der Waals surface area (Å²) in [5, 5.41) is 7.49. The van der Waals surface area contributed by atoms with E-state index in [4.69, 9.17) is 12.2 Å². The molecule has 3 rings (SSSR count). The van der Waals surface area contributed by atoms with Gasteiger partial charge in [-0.2, -0.15) is 0 Å². The van der Waals surface area contributed by atoms with E-state index in [-0.39, 0.29) is 0 Å². The lowest BCUT2D eigenvalue weighted by Gasteiger charge is -2.18. The molecule has 0 spiro atoms. The van der Waals surface area contributed by atoms with Crippen molar-refractivity contribution < 1.29 is 0 Å². The number of benzene rings is 2. The highest BCUT2D eigenvalue weighted by Gasteiger charge is 2.22. The lowest BCUT2D eigenvalue weighted by Crippen LogP contribution is -2.42. The van der Waals surface area contributed by atoms with Crippen LogP contribution in [-0.2, 0) is 13.1 Å². The van der Waals surface area contributed by atoms with Crippen LogP contribution in [0.1, 0.15) is 17.5 Å². The first kappa shape index (κ1) is 16.0. The predicted molar refractivity (Wildman–Crippen MR) is 99.1 cm³/mol. The first-order valence-electron chi connectivity index (χ1n) is 8.14. The Labute approximate surface area is 143 Å². The summed E-state index contributed by atoms with van der Waals surface area (Å²) in [4.78, 5) is 2.48. The van der Waals surface area contributed by atoms with Gasteiger partial charge in [0, 0.05) is 32.2 Å². The average molecular weight is 325 g/mol. The van der Waals surface area contributed by atoms with E-state index >= 15 is 0 Å². The number of thiocarbonyl (C=S) groups is 1. The third-order valence-electron chi connectivity index (χ3n) is 4.15. The largest absolute Gasteiger partial charge is 0.359 e. The molecule has 1 fully saturated rings. The summed E-state index contributed by atoms with van der Waals surface area (Å²) in [6, 6.07) is 21.4. The van der Waals surface area contributed by atoms with Crippen molar-refractivity contribution in [2.24, 2.45) is 0 Å². The van der Waals surface area contributed by atoms with Gasteiger partial charge in [-0.1, -0.05) is 60.7 Å². The van der Waals surface area contributed by atoms with E-state index in [1.165, 1.54) is 11.1 Å². The summed E-state index contributed by atoms with van der Waals surface area (Å²) in [5.41, 5.74) is 2.62. The topological polar surface area (TPSA) is 27.3 Å². The molecule has 4 heteroatoms. The molecule has 1 aliphatic heterocycles. The molecule has 23 heavy (non-hydrogen) atoms. The zero-order chi connectivity index (χ0) is 15.9. The molecule has 2 N–H and O–H groups in total. The zero-order valence-electron chi connectivity index (χ0n) is 13.2. The third-order valence-corrected chi connectivity index (χ3v) is 4.41. The molecule has 1 saturated heterocycles. The fraction of sp³-hybridized carbons (Fsp3) is 0.316. The first-order valence-corrected chi connectivity index (χ1v) is 8.55. The second-order valence-electron chi connectivity index (χ2n) is 6.02. The van der Waals surface area contributed by atoms with E-state index in [0.717, 1.165) is 37.7 Å². The Morgan fingerprint density at radius 2 is 1.65 bits per heavy atom. The van der Waals surface area contributed by atoms with Gasteiger partial charge < -0.3 is 10.6 Å². The molecule has 0 aromatic heterocycles. The van der Waals surface area contributed by atoms with Crippen LogP contribution in [0.2, 0.25) is 0 Å². The maximum atomic E-state index is 5.42. The van der Waals surface area contributed by atoms with Crippen LogP contribution in [0.5, 0.6) is 0 Å². The van der Waals surface area contributed by atoms with Crippen LogP contribution in [0.3, 0.4) is 0 Å². The highest BCUT2D eigenvalue weighted by molar-refractivity contribution is 7.80. The number of rotatable bonds is 5. The van der Waals surface area contributed by atoms with Crippen LogP contribution in [0.15, 0.2) is 60.7 Å². The van der Waals surface area contributed by atoms with Gasteiger partial charge in [0.15, 0.2) is 5.11 Å². The molecular formula is C19H23N3S. The SMILES string of the molecule is S=C(NCc1ccccc1)N[C@@H]1CCN(Cc2ccccc2)C1. The van der Waals surface area contributed by atoms with Crippen molar-refractivity contribution in [1.29, 1.82) is 0 Å². The molecule has 1 heterocycles. The van der Waals surface area contributed by atoms with Crippen LogP contribution >= 0.6 is 12.2 Å². The van der Waals surface area contributed by atoms with Gasteiger partial charge in [0.2, 0.25) is 0 Å². The first-order chi connectivity index (χ1) is 11.3. The van der Waals surface area contributed by atoms with E-state index in [0.29, 0.717) is 6.04 Å². The minimum absolute atomic E-state index is 0.439. The molecular weight excluding hydrogens is 302 g/mol. The Bertz CT molecular complexity index is 615. The van der Waals surface area contributed by atoms with Gasteiger partial charge in [0.1, 0.15) is 0 Å². The standard InChI is InChI=1S/C19H23N3S/c23-19(20-13-16-7-3-1-4-8-16)21-18-11-12-22(15-18)14-17-9-5-2-6-10-17/h1-10,18H,11-15H2,(H2,20,21,23)/t18-/m1/s1. The quantitative estimate of drug-likeness (QED) is 0.827. The molecule has 0 radical (unpaired) electrons. The van der Waals surface area contributed by atoms with Crippen molar-refractivity contribution in [2.75, 3.05) is 13.1 Å². The Hall–Kier alpha value is -1.91. The summed E-state index contributed by atoms with van der Waals surface area (Å²) in [7, 11) is 0. The van der Waals surface area contributed by atoms with Crippen molar-refractivity contribution in [2.45, 2.75) is 25.6 Å². The molecule has 1 atom stereocenters. The van der Waals surface area contributed by atoms with E-state index in [9.17, 15) is 0 Å². The molecule has 0 unspecified atom stereocenters. The summed E-state index contributed by atoms with van der Waals surface area (Å²) >= 11 is 5.42. The number of likely N-dealkylation sites (tertiary alicyclic amines) is 1. The smallest absolute Gasteiger partial charge is 0.166 e. The second kappa shape index (κ2) is 8.09. The van der Waals surface area contributed by atoms with Crippen molar-refractivity contribution in [1.82, 2.24) is 15.5 Å². The summed E-state index contributed by atoms with van der Waals surface area (Å²) in [6.07, 6.45) is 1.14. The predicted octanol–water partition coefficient (Wildman–Crippen LogP) is 2.93. The van der Waals surface area contributed by atoms with Gasteiger partial charge in [-0.25, -0.2) is 0 Å². The average Bonchev–Trinajstić information content (AvgIpc) is 3.02. The molecule has 120 valence electrons. The molecule has 0 amide bonds. The lowest BCUT2D eigenvalue weighted by atomic mass is 10.2. The number of hydrogen-bond acceptors (Lipinski definition) is 2. The van der Waals surface area contributed by atoms with Crippen molar-refractivity contribution in [3.8, 4) is 0 Å².